The molecular weight excluding hydrogens is 184 g/mol. The summed E-state index contributed by atoms with van der Waals surface area (Å²) in [4.78, 5) is 11.0. The average molecular weight is 202 g/mol. The van der Waals surface area contributed by atoms with Gasteiger partial charge >= 0.3 is 5.97 Å². The molecule has 0 bridgehead atoms. The van der Waals surface area contributed by atoms with E-state index in [1.165, 1.54) is 0 Å². The van der Waals surface area contributed by atoms with E-state index in [1.807, 2.05) is 6.92 Å². The molecule has 1 fully saturated rings. The van der Waals surface area contributed by atoms with Gasteiger partial charge in [-0.3, -0.25) is 0 Å². The maximum Gasteiger partial charge on any atom is 0.335 e. The first kappa shape index (κ1) is 11.5. The maximum atomic E-state index is 11.0. The van der Waals surface area contributed by atoms with Crippen molar-refractivity contribution in [2.24, 2.45) is 0 Å². The molecule has 0 amide bonds. The number of ether oxygens (including phenoxy) is 2. The summed E-state index contributed by atoms with van der Waals surface area (Å²) in [7, 11) is 0. The molecule has 1 aliphatic rings. The second kappa shape index (κ2) is 4.75. The van der Waals surface area contributed by atoms with Crippen LogP contribution in [0.1, 0.15) is 33.1 Å². The number of hydrogen-bond acceptors (Lipinski definition) is 3. The van der Waals surface area contributed by atoms with Crippen LogP contribution in [0.5, 0.6) is 0 Å². The molecule has 0 radical (unpaired) electrons. The van der Waals surface area contributed by atoms with E-state index in [0.717, 1.165) is 19.4 Å². The minimum atomic E-state index is -1.06. The summed E-state index contributed by atoms with van der Waals surface area (Å²) >= 11 is 0. The van der Waals surface area contributed by atoms with E-state index in [2.05, 4.69) is 0 Å². The fraction of sp³-hybridized carbons (Fsp3) is 0.900. The van der Waals surface area contributed by atoms with Crippen LogP contribution >= 0.6 is 0 Å². The van der Waals surface area contributed by atoms with Gasteiger partial charge in [0.1, 0.15) is 0 Å². The Morgan fingerprint density at radius 2 is 2.43 bits per heavy atom. The van der Waals surface area contributed by atoms with E-state index in [-0.39, 0.29) is 6.10 Å². The molecule has 4 nitrogen and oxygen atoms in total. The van der Waals surface area contributed by atoms with Gasteiger partial charge < -0.3 is 14.6 Å². The number of carbonyl (C=O) groups is 1. The summed E-state index contributed by atoms with van der Waals surface area (Å²) in [6, 6.07) is 0. The van der Waals surface area contributed by atoms with Gasteiger partial charge in [-0.25, -0.2) is 4.79 Å². The summed E-state index contributed by atoms with van der Waals surface area (Å²) in [5.41, 5.74) is -1.06. The highest BCUT2D eigenvalue weighted by molar-refractivity contribution is 5.76. The van der Waals surface area contributed by atoms with Gasteiger partial charge in [0, 0.05) is 6.61 Å². The highest BCUT2D eigenvalue weighted by atomic mass is 16.6. The SMILES string of the molecule is CC[C@](C)(OC1CCCOC1)C(=O)O. The predicted molar refractivity (Wildman–Crippen MR) is 51.3 cm³/mol. The van der Waals surface area contributed by atoms with Crippen LogP contribution in [-0.2, 0) is 14.3 Å². The molecule has 0 spiro atoms. The minimum absolute atomic E-state index is 0.0650. The largest absolute Gasteiger partial charge is 0.479 e. The molecule has 1 rings (SSSR count). The molecule has 82 valence electrons. The number of rotatable bonds is 4. The Balaban J connectivity index is 2.50. The third-order valence-electron chi connectivity index (χ3n) is 2.67. The van der Waals surface area contributed by atoms with Gasteiger partial charge in [-0.15, -0.1) is 0 Å². The fourth-order valence-corrected chi connectivity index (χ4v) is 1.46. The Bertz CT molecular complexity index is 198. The molecule has 1 unspecified atom stereocenters. The van der Waals surface area contributed by atoms with E-state index >= 15 is 0 Å². The van der Waals surface area contributed by atoms with Gasteiger partial charge in [0.05, 0.1) is 12.7 Å². The van der Waals surface area contributed by atoms with Gasteiger partial charge in [-0.2, -0.15) is 0 Å². The molecule has 1 N–H and O–H groups in total. The van der Waals surface area contributed by atoms with Crippen LogP contribution in [0.4, 0.5) is 0 Å². The Morgan fingerprint density at radius 3 is 2.86 bits per heavy atom. The molecule has 0 aromatic rings. The van der Waals surface area contributed by atoms with Gasteiger partial charge in [0.15, 0.2) is 5.60 Å². The zero-order valence-corrected chi connectivity index (χ0v) is 8.78. The molecule has 0 saturated carbocycles. The monoisotopic (exact) mass is 202 g/mol. The molecular formula is C10H18O4. The third-order valence-corrected chi connectivity index (χ3v) is 2.67. The molecule has 0 aliphatic carbocycles. The maximum absolute atomic E-state index is 11.0. The highest BCUT2D eigenvalue weighted by Gasteiger charge is 2.35. The Labute approximate surface area is 84.2 Å². The number of carboxylic acids is 1. The molecule has 2 atom stereocenters. The fourth-order valence-electron chi connectivity index (χ4n) is 1.46. The quantitative estimate of drug-likeness (QED) is 0.749. The van der Waals surface area contributed by atoms with E-state index in [0.29, 0.717) is 13.0 Å². The molecule has 14 heavy (non-hydrogen) atoms. The predicted octanol–water partition coefficient (Wildman–Crippen LogP) is 1.44. The van der Waals surface area contributed by atoms with Crippen molar-refractivity contribution in [3.05, 3.63) is 0 Å². The molecule has 1 aliphatic heterocycles. The van der Waals surface area contributed by atoms with Crippen molar-refractivity contribution in [1.29, 1.82) is 0 Å². The van der Waals surface area contributed by atoms with E-state index in [4.69, 9.17) is 14.6 Å². The first-order valence-electron chi connectivity index (χ1n) is 5.07. The second-order valence-corrected chi connectivity index (χ2v) is 3.85. The van der Waals surface area contributed by atoms with Gasteiger partial charge in [-0.05, 0) is 26.2 Å². The van der Waals surface area contributed by atoms with Gasteiger partial charge in [0.25, 0.3) is 0 Å². The summed E-state index contributed by atoms with van der Waals surface area (Å²) in [6.45, 7) is 4.71. The van der Waals surface area contributed by atoms with Crippen LogP contribution < -0.4 is 0 Å². The Hall–Kier alpha value is -0.610. The van der Waals surface area contributed by atoms with E-state index in [1.54, 1.807) is 6.92 Å². The van der Waals surface area contributed by atoms with Crippen LogP contribution in [0.2, 0.25) is 0 Å². The lowest BCUT2D eigenvalue weighted by Crippen LogP contribution is -2.43. The third kappa shape index (κ3) is 2.69. The Kier molecular flexibility index (Phi) is 3.89. The number of hydrogen-bond donors (Lipinski definition) is 1. The number of carboxylic acid groups (broad SMARTS) is 1. The zero-order chi connectivity index (χ0) is 10.6. The van der Waals surface area contributed by atoms with Crippen molar-refractivity contribution in [1.82, 2.24) is 0 Å². The molecule has 1 heterocycles. The van der Waals surface area contributed by atoms with Crippen LogP contribution in [0.15, 0.2) is 0 Å². The van der Waals surface area contributed by atoms with Crippen molar-refractivity contribution in [2.75, 3.05) is 13.2 Å². The summed E-state index contributed by atoms with van der Waals surface area (Å²) < 4.78 is 10.8. The van der Waals surface area contributed by atoms with Gasteiger partial charge in [-0.1, -0.05) is 6.92 Å². The van der Waals surface area contributed by atoms with E-state index < -0.39 is 11.6 Å². The summed E-state index contributed by atoms with van der Waals surface area (Å²) in [5, 5.41) is 9.00. The molecule has 0 aromatic carbocycles. The van der Waals surface area contributed by atoms with Crippen LogP contribution in [-0.4, -0.2) is 36.0 Å². The van der Waals surface area contributed by atoms with Crippen molar-refractivity contribution >= 4 is 5.97 Å². The van der Waals surface area contributed by atoms with Crippen molar-refractivity contribution in [3.8, 4) is 0 Å². The summed E-state index contributed by atoms with van der Waals surface area (Å²) in [5.74, 6) is -0.898. The van der Waals surface area contributed by atoms with Crippen LogP contribution in [0, 0.1) is 0 Å². The average Bonchev–Trinajstić information content (AvgIpc) is 2.19. The van der Waals surface area contributed by atoms with Crippen molar-refractivity contribution in [2.45, 2.75) is 44.8 Å². The molecule has 4 heteroatoms. The lowest BCUT2D eigenvalue weighted by atomic mass is 10.0. The van der Waals surface area contributed by atoms with Crippen molar-refractivity contribution in [3.63, 3.8) is 0 Å². The van der Waals surface area contributed by atoms with Crippen molar-refractivity contribution < 1.29 is 19.4 Å². The smallest absolute Gasteiger partial charge is 0.335 e. The molecule has 0 aromatic heterocycles. The number of aliphatic carboxylic acids is 1. The lowest BCUT2D eigenvalue weighted by Gasteiger charge is -2.31. The summed E-state index contributed by atoms with van der Waals surface area (Å²) in [6.07, 6.45) is 2.25. The second-order valence-electron chi connectivity index (χ2n) is 3.85. The molecule has 1 saturated heterocycles. The lowest BCUT2D eigenvalue weighted by molar-refractivity contribution is -0.180. The van der Waals surface area contributed by atoms with Crippen LogP contribution in [0.3, 0.4) is 0 Å². The topological polar surface area (TPSA) is 55.8 Å². The van der Waals surface area contributed by atoms with E-state index in [9.17, 15) is 4.79 Å². The highest BCUT2D eigenvalue weighted by Crippen LogP contribution is 2.22. The standard InChI is InChI=1S/C10H18O4/c1-3-10(2,9(11)12)14-8-5-4-6-13-7-8/h8H,3-7H2,1-2H3,(H,11,12)/t8?,10-/m0/s1. The first-order valence-corrected chi connectivity index (χ1v) is 5.07. The zero-order valence-electron chi connectivity index (χ0n) is 8.78. The normalized spacial score (nSPS) is 26.9. The van der Waals surface area contributed by atoms with Gasteiger partial charge in [0.2, 0.25) is 0 Å². The van der Waals surface area contributed by atoms with Crippen LogP contribution in [0.25, 0.3) is 0 Å². The first-order chi connectivity index (χ1) is 6.58. The Morgan fingerprint density at radius 1 is 1.71 bits per heavy atom. The minimum Gasteiger partial charge on any atom is -0.479 e.